The van der Waals surface area contributed by atoms with Gasteiger partial charge in [-0.15, -0.1) is 0 Å². The van der Waals surface area contributed by atoms with E-state index in [1.807, 2.05) is 4.72 Å². The Kier molecular flexibility index (Phi) is 4.73. The highest BCUT2D eigenvalue weighted by Gasteiger charge is 2.26. The molecule has 25 heavy (non-hydrogen) atoms. The van der Waals surface area contributed by atoms with Crippen molar-refractivity contribution in [2.24, 2.45) is 0 Å². The van der Waals surface area contributed by atoms with Crippen LogP contribution in [0.3, 0.4) is 0 Å². The summed E-state index contributed by atoms with van der Waals surface area (Å²) in [6.07, 6.45) is 5.91. The average Bonchev–Trinajstić information content (AvgIpc) is 3.13. The van der Waals surface area contributed by atoms with Gasteiger partial charge in [0.05, 0.1) is 0 Å². The summed E-state index contributed by atoms with van der Waals surface area (Å²) >= 11 is 0. The normalized spacial score (nSPS) is 15.4. The minimum absolute atomic E-state index is 0.385. The molecule has 2 aliphatic rings. The zero-order valence-electron chi connectivity index (χ0n) is 14.5. The largest absolute Gasteiger partial charge is 0.332 e. The Morgan fingerprint density at radius 3 is 2.16 bits per heavy atom. The molecule has 0 saturated carbocycles. The third kappa shape index (κ3) is 3.78. The van der Waals surface area contributed by atoms with Gasteiger partial charge in [0.25, 0.3) is 10.0 Å². The fourth-order valence-corrected chi connectivity index (χ4v) is 4.72. The Morgan fingerprint density at radius 1 is 1.08 bits per heavy atom. The van der Waals surface area contributed by atoms with Gasteiger partial charge in [0.15, 0.2) is 0 Å². The summed E-state index contributed by atoms with van der Waals surface area (Å²) in [6, 6.07) is 1.47. The van der Waals surface area contributed by atoms with E-state index in [2.05, 4.69) is 11.4 Å². The summed E-state index contributed by atoms with van der Waals surface area (Å²) in [5.74, 6) is -0.940. The molecule has 0 radical (unpaired) electrons. The third-order valence-corrected chi connectivity index (χ3v) is 6.08. The van der Waals surface area contributed by atoms with Gasteiger partial charge in [-0.25, -0.2) is 17.9 Å². The highest BCUT2D eigenvalue weighted by molar-refractivity contribution is 7.90. The van der Waals surface area contributed by atoms with Gasteiger partial charge in [-0.2, -0.15) is 0 Å². The topological polar surface area (TPSA) is 95.6 Å². The lowest BCUT2D eigenvalue weighted by Crippen LogP contribution is -2.41. The Morgan fingerprint density at radius 2 is 1.64 bits per heavy atom. The van der Waals surface area contributed by atoms with Crippen molar-refractivity contribution < 1.29 is 18.0 Å². The number of fused-ring (bicyclic) bond motifs is 2. The molecule has 0 aliphatic heterocycles. The van der Waals surface area contributed by atoms with E-state index < -0.39 is 21.9 Å². The van der Waals surface area contributed by atoms with E-state index in [-0.39, 0.29) is 5.91 Å². The Hall–Kier alpha value is -2.09. The maximum Gasteiger partial charge on any atom is 0.332 e. The van der Waals surface area contributed by atoms with Crippen molar-refractivity contribution in [1.29, 1.82) is 0 Å². The smallest absolute Gasteiger partial charge is 0.330 e. The monoisotopic (exact) mass is 365 g/mol. The zero-order valence-corrected chi connectivity index (χ0v) is 15.3. The van der Waals surface area contributed by atoms with E-state index in [1.165, 1.54) is 25.1 Å². The lowest BCUT2D eigenvalue weighted by atomic mass is 9.99. The Bertz CT molecular complexity index is 801. The maximum atomic E-state index is 12.3. The number of carbonyl (C=O) groups excluding carboxylic acids is 2. The second-order valence-corrected chi connectivity index (χ2v) is 8.44. The van der Waals surface area contributed by atoms with E-state index in [1.54, 1.807) is 0 Å². The van der Waals surface area contributed by atoms with Crippen molar-refractivity contribution in [2.45, 2.75) is 45.4 Å². The van der Waals surface area contributed by atoms with E-state index in [9.17, 15) is 18.0 Å². The molecule has 3 amide bonds. The van der Waals surface area contributed by atoms with Gasteiger partial charge in [0.2, 0.25) is 5.91 Å². The van der Waals surface area contributed by atoms with E-state index in [4.69, 9.17) is 0 Å². The lowest BCUT2D eigenvalue weighted by molar-refractivity contribution is -0.126. The van der Waals surface area contributed by atoms with Gasteiger partial charge >= 0.3 is 6.03 Å². The van der Waals surface area contributed by atoms with Gasteiger partial charge in [-0.05, 0) is 60.8 Å². The van der Waals surface area contributed by atoms with Crippen molar-refractivity contribution in [3.63, 3.8) is 0 Å². The number of sulfonamides is 1. The fraction of sp³-hybridized carbons (Fsp3) is 0.529. The molecule has 7 nitrogen and oxygen atoms in total. The van der Waals surface area contributed by atoms with Crippen LogP contribution in [-0.2, 0) is 40.5 Å². The molecule has 3 rings (SSSR count). The number of anilines is 1. The minimum Gasteiger partial charge on any atom is -0.330 e. The summed E-state index contributed by atoms with van der Waals surface area (Å²) in [5.41, 5.74) is 5.57. The summed E-state index contributed by atoms with van der Waals surface area (Å²) in [5, 5.41) is 2.77. The molecule has 0 saturated heterocycles. The van der Waals surface area contributed by atoms with E-state index in [0.717, 1.165) is 60.2 Å². The standard InChI is InChI=1S/C17H23N3O4S/c1-11(21)20(2)10-25(23,24)19-17(22)18-16-14-7-3-5-12(14)9-13-6-4-8-15(13)16/h9H,3-8,10H2,1-2H3,(H2,18,19,22). The first-order valence-electron chi connectivity index (χ1n) is 8.46. The van der Waals surface area contributed by atoms with Crippen LogP contribution in [-0.4, -0.2) is 38.2 Å². The summed E-state index contributed by atoms with van der Waals surface area (Å²) < 4.78 is 26.1. The number of rotatable bonds is 4. The van der Waals surface area contributed by atoms with Crippen LogP contribution in [0.15, 0.2) is 6.07 Å². The number of nitrogens with one attached hydrogen (secondary N) is 2. The van der Waals surface area contributed by atoms with Gasteiger partial charge in [0.1, 0.15) is 5.88 Å². The number of carbonyl (C=O) groups is 2. The maximum absolute atomic E-state index is 12.3. The number of hydrogen-bond donors (Lipinski definition) is 2. The Balaban J connectivity index is 1.77. The van der Waals surface area contributed by atoms with Crippen molar-refractivity contribution in [2.75, 3.05) is 18.2 Å². The fourth-order valence-electron chi connectivity index (χ4n) is 3.63. The van der Waals surface area contributed by atoms with Gasteiger partial charge in [-0.1, -0.05) is 6.07 Å². The highest BCUT2D eigenvalue weighted by atomic mass is 32.2. The van der Waals surface area contributed by atoms with Crippen LogP contribution in [0.2, 0.25) is 0 Å². The molecular formula is C17H23N3O4S. The van der Waals surface area contributed by atoms with E-state index >= 15 is 0 Å². The highest BCUT2D eigenvalue weighted by Crippen LogP contribution is 2.38. The second kappa shape index (κ2) is 6.67. The van der Waals surface area contributed by atoms with Crippen LogP contribution in [0.25, 0.3) is 0 Å². The van der Waals surface area contributed by atoms with Crippen LogP contribution in [0.5, 0.6) is 0 Å². The summed E-state index contributed by atoms with van der Waals surface area (Å²) in [6.45, 7) is 1.27. The molecular weight excluding hydrogens is 342 g/mol. The summed E-state index contributed by atoms with van der Waals surface area (Å²) in [7, 11) is -2.56. The summed E-state index contributed by atoms with van der Waals surface area (Å²) in [4.78, 5) is 24.5. The number of urea groups is 1. The molecule has 1 aromatic carbocycles. The molecule has 136 valence electrons. The molecule has 0 spiro atoms. The van der Waals surface area contributed by atoms with Gasteiger partial charge < -0.3 is 10.2 Å². The van der Waals surface area contributed by atoms with Crippen molar-refractivity contribution >= 4 is 27.6 Å². The molecule has 0 heterocycles. The first kappa shape index (κ1) is 17.7. The molecule has 2 N–H and O–H groups in total. The van der Waals surface area contributed by atoms with Crippen LogP contribution in [0, 0.1) is 0 Å². The SMILES string of the molecule is CC(=O)N(C)CS(=O)(=O)NC(=O)Nc1c2c(cc3c1CCC3)CCC2. The molecule has 0 aromatic heterocycles. The predicted molar refractivity (Wildman–Crippen MR) is 94.9 cm³/mol. The molecule has 0 atom stereocenters. The number of benzene rings is 1. The molecule has 1 aromatic rings. The molecule has 0 unspecified atom stereocenters. The first-order valence-corrected chi connectivity index (χ1v) is 10.1. The molecule has 0 fully saturated rings. The number of amides is 3. The van der Waals surface area contributed by atoms with E-state index in [0.29, 0.717) is 0 Å². The Labute approximate surface area is 147 Å². The first-order chi connectivity index (χ1) is 11.8. The number of hydrogen-bond acceptors (Lipinski definition) is 4. The van der Waals surface area contributed by atoms with Crippen molar-refractivity contribution in [3.8, 4) is 0 Å². The van der Waals surface area contributed by atoms with Crippen LogP contribution in [0.1, 0.15) is 42.0 Å². The van der Waals surface area contributed by atoms with Crippen molar-refractivity contribution in [3.05, 3.63) is 28.3 Å². The molecule has 0 bridgehead atoms. The lowest BCUT2D eigenvalue weighted by Gasteiger charge is -2.18. The number of aryl methyl sites for hydroxylation is 2. The zero-order chi connectivity index (χ0) is 18.2. The van der Waals surface area contributed by atoms with Crippen LogP contribution < -0.4 is 10.0 Å². The molecule has 2 aliphatic carbocycles. The average molecular weight is 365 g/mol. The number of nitrogens with zero attached hydrogens (tertiary/aromatic N) is 1. The van der Waals surface area contributed by atoms with Crippen LogP contribution in [0.4, 0.5) is 10.5 Å². The third-order valence-electron chi connectivity index (χ3n) is 4.86. The minimum atomic E-state index is -3.93. The quantitative estimate of drug-likeness (QED) is 0.846. The molecule has 8 heteroatoms. The second-order valence-electron chi connectivity index (χ2n) is 6.75. The van der Waals surface area contributed by atoms with Crippen molar-refractivity contribution in [1.82, 2.24) is 9.62 Å². The van der Waals surface area contributed by atoms with Gasteiger partial charge in [-0.3, -0.25) is 4.79 Å². The predicted octanol–water partition coefficient (Wildman–Crippen LogP) is 1.55. The van der Waals surface area contributed by atoms with Crippen LogP contribution >= 0.6 is 0 Å². The van der Waals surface area contributed by atoms with Gasteiger partial charge in [0, 0.05) is 19.7 Å².